The molecule has 17 heavy (non-hydrogen) atoms. The van der Waals surface area contributed by atoms with Crippen LogP contribution in [0.25, 0.3) is 0 Å². The fourth-order valence-electron chi connectivity index (χ4n) is 1.60. The van der Waals surface area contributed by atoms with E-state index in [2.05, 4.69) is 28.7 Å². The molecule has 3 nitrogen and oxygen atoms in total. The van der Waals surface area contributed by atoms with Crippen molar-refractivity contribution in [1.82, 2.24) is 4.98 Å². The number of nitrogens with zero attached hydrogens (tertiary/aromatic N) is 1. The molecule has 0 aliphatic rings. The van der Waals surface area contributed by atoms with Crippen molar-refractivity contribution in [1.29, 1.82) is 0 Å². The van der Waals surface area contributed by atoms with E-state index in [-0.39, 0.29) is 0 Å². The highest BCUT2D eigenvalue weighted by atomic mass is 32.1. The topological polar surface area (TPSA) is 34.1 Å². The number of aryl methyl sites for hydroxylation is 2. The van der Waals surface area contributed by atoms with Crippen LogP contribution in [0.2, 0.25) is 0 Å². The van der Waals surface area contributed by atoms with Gasteiger partial charge in [0.25, 0.3) is 0 Å². The van der Waals surface area contributed by atoms with Crippen LogP contribution in [0.15, 0.2) is 23.6 Å². The van der Waals surface area contributed by atoms with Gasteiger partial charge in [0.2, 0.25) is 0 Å². The maximum Gasteiger partial charge on any atom is 0.142 e. The molecule has 0 bridgehead atoms. The summed E-state index contributed by atoms with van der Waals surface area (Å²) in [6, 6.07) is 6.13. The zero-order chi connectivity index (χ0) is 12.3. The van der Waals surface area contributed by atoms with Crippen molar-refractivity contribution in [3.8, 4) is 5.75 Å². The fourth-order valence-corrected chi connectivity index (χ4v) is 2.31. The molecule has 1 aromatic carbocycles. The average molecular weight is 248 g/mol. The summed E-state index contributed by atoms with van der Waals surface area (Å²) < 4.78 is 5.34. The second kappa shape index (κ2) is 5.19. The Kier molecular flexibility index (Phi) is 3.64. The molecule has 0 saturated carbocycles. The zero-order valence-electron chi connectivity index (χ0n) is 10.3. The number of ether oxygens (including phenoxy) is 1. The number of nitrogens with one attached hydrogen (secondary N) is 1. The third-order valence-electron chi connectivity index (χ3n) is 2.45. The van der Waals surface area contributed by atoms with Crippen LogP contribution in [0.1, 0.15) is 16.3 Å². The molecule has 90 valence electrons. The van der Waals surface area contributed by atoms with Gasteiger partial charge in [-0.1, -0.05) is 6.07 Å². The Balaban J connectivity index is 2.08. The van der Waals surface area contributed by atoms with Crippen molar-refractivity contribution in [2.75, 3.05) is 12.4 Å². The molecule has 0 amide bonds. The third-order valence-corrected chi connectivity index (χ3v) is 3.42. The number of benzene rings is 1. The van der Waals surface area contributed by atoms with Gasteiger partial charge in [0.15, 0.2) is 0 Å². The van der Waals surface area contributed by atoms with E-state index in [0.29, 0.717) is 0 Å². The largest absolute Gasteiger partial charge is 0.495 e. The summed E-state index contributed by atoms with van der Waals surface area (Å²) in [5.41, 5.74) is 3.27. The molecule has 2 aromatic rings. The lowest BCUT2D eigenvalue weighted by atomic mass is 10.2. The van der Waals surface area contributed by atoms with Crippen LogP contribution in [0.5, 0.6) is 5.75 Å². The lowest BCUT2D eigenvalue weighted by Crippen LogP contribution is -2.01. The standard InChI is InChI=1S/C13H16N2OS/c1-9-4-5-11(12(6-9)16-3)14-7-13-15-10(2)8-17-13/h4-6,8,14H,7H2,1-3H3. The normalized spacial score (nSPS) is 10.3. The SMILES string of the molecule is COc1cc(C)ccc1NCc1nc(C)cs1. The van der Waals surface area contributed by atoms with Crippen LogP contribution in [0, 0.1) is 13.8 Å². The number of aromatic nitrogens is 1. The van der Waals surface area contributed by atoms with Gasteiger partial charge < -0.3 is 10.1 Å². The summed E-state index contributed by atoms with van der Waals surface area (Å²) in [4.78, 5) is 4.41. The van der Waals surface area contributed by atoms with Crippen molar-refractivity contribution < 1.29 is 4.74 Å². The summed E-state index contributed by atoms with van der Waals surface area (Å²) in [5.74, 6) is 0.873. The second-order valence-electron chi connectivity index (χ2n) is 3.94. The zero-order valence-corrected chi connectivity index (χ0v) is 11.1. The van der Waals surface area contributed by atoms with Gasteiger partial charge in [-0.3, -0.25) is 0 Å². The molecular weight excluding hydrogens is 232 g/mol. The summed E-state index contributed by atoms with van der Waals surface area (Å²) in [7, 11) is 1.69. The molecule has 0 radical (unpaired) electrons. The molecule has 2 rings (SSSR count). The van der Waals surface area contributed by atoms with Crippen LogP contribution in [0.3, 0.4) is 0 Å². The van der Waals surface area contributed by atoms with E-state index in [1.54, 1.807) is 18.4 Å². The van der Waals surface area contributed by atoms with E-state index in [4.69, 9.17) is 4.74 Å². The van der Waals surface area contributed by atoms with Gasteiger partial charge in [0.1, 0.15) is 10.8 Å². The first-order valence-corrected chi connectivity index (χ1v) is 6.36. The highest BCUT2D eigenvalue weighted by molar-refractivity contribution is 7.09. The molecule has 1 aromatic heterocycles. The quantitative estimate of drug-likeness (QED) is 0.900. The molecule has 0 aliphatic carbocycles. The molecule has 0 aliphatic heterocycles. The van der Waals surface area contributed by atoms with E-state index in [1.165, 1.54) is 5.56 Å². The molecular formula is C13H16N2OS. The van der Waals surface area contributed by atoms with Gasteiger partial charge in [0.05, 0.1) is 19.3 Å². The van der Waals surface area contributed by atoms with E-state index < -0.39 is 0 Å². The average Bonchev–Trinajstić information content (AvgIpc) is 2.73. The molecule has 0 unspecified atom stereocenters. The number of thiazole rings is 1. The molecule has 0 saturated heterocycles. The fraction of sp³-hybridized carbons (Fsp3) is 0.308. The van der Waals surface area contributed by atoms with Crippen LogP contribution in [0.4, 0.5) is 5.69 Å². The van der Waals surface area contributed by atoms with Gasteiger partial charge >= 0.3 is 0 Å². The minimum atomic E-state index is 0.734. The highest BCUT2D eigenvalue weighted by Crippen LogP contribution is 2.26. The Labute approximate surface area is 105 Å². The first-order chi connectivity index (χ1) is 8.19. The Morgan fingerprint density at radius 2 is 2.18 bits per heavy atom. The molecule has 0 fully saturated rings. The molecule has 4 heteroatoms. The summed E-state index contributed by atoms with van der Waals surface area (Å²) >= 11 is 1.67. The van der Waals surface area contributed by atoms with E-state index >= 15 is 0 Å². The van der Waals surface area contributed by atoms with Crippen LogP contribution in [-0.2, 0) is 6.54 Å². The van der Waals surface area contributed by atoms with E-state index in [0.717, 1.165) is 28.7 Å². The predicted molar refractivity (Wildman–Crippen MR) is 71.9 cm³/mol. The van der Waals surface area contributed by atoms with Crippen molar-refractivity contribution in [2.45, 2.75) is 20.4 Å². The third kappa shape index (κ3) is 2.97. The summed E-state index contributed by atoms with van der Waals surface area (Å²) in [5, 5.41) is 6.49. The van der Waals surface area contributed by atoms with Crippen LogP contribution in [-0.4, -0.2) is 12.1 Å². The molecule has 0 spiro atoms. The lowest BCUT2D eigenvalue weighted by molar-refractivity contribution is 0.416. The Morgan fingerprint density at radius 1 is 1.35 bits per heavy atom. The van der Waals surface area contributed by atoms with Crippen molar-refractivity contribution in [2.24, 2.45) is 0 Å². The van der Waals surface area contributed by atoms with Gasteiger partial charge in [-0.15, -0.1) is 11.3 Å². The predicted octanol–water partition coefficient (Wildman–Crippen LogP) is 3.38. The van der Waals surface area contributed by atoms with Crippen molar-refractivity contribution >= 4 is 17.0 Å². The van der Waals surface area contributed by atoms with Gasteiger partial charge in [-0.2, -0.15) is 0 Å². The number of methoxy groups -OCH3 is 1. The van der Waals surface area contributed by atoms with Crippen molar-refractivity contribution in [3.05, 3.63) is 39.8 Å². The molecule has 0 atom stereocenters. The van der Waals surface area contributed by atoms with Crippen LogP contribution < -0.4 is 10.1 Å². The maximum absolute atomic E-state index is 5.34. The monoisotopic (exact) mass is 248 g/mol. The molecule has 1 N–H and O–H groups in total. The Morgan fingerprint density at radius 3 is 2.82 bits per heavy atom. The van der Waals surface area contributed by atoms with Gasteiger partial charge in [-0.25, -0.2) is 4.98 Å². The van der Waals surface area contributed by atoms with Gasteiger partial charge in [-0.05, 0) is 31.5 Å². The first kappa shape index (κ1) is 11.9. The second-order valence-corrected chi connectivity index (χ2v) is 4.88. The number of anilines is 1. The van der Waals surface area contributed by atoms with Gasteiger partial charge in [0, 0.05) is 11.1 Å². The number of hydrogen-bond acceptors (Lipinski definition) is 4. The van der Waals surface area contributed by atoms with E-state index in [1.807, 2.05) is 19.1 Å². The number of hydrogen-bond donors (Lipinski definition) is 1. The minimum absolute atomic E-state index is 0.734. The number of rotatable bonds is 4. The first-order valence-electron chi connectivity index (χ1n) is 5.48. The molecule has 1 heterocycles. The maximum atomic E-state index is 5.34. The Bertz CT molecular complexity index is 508. The summed E-state index contributed by atoms with van der Waals surface area (Å²) in [6.45, 7) is 4.79. The van der Waals surface area contributed by atoms with E-state index in [9.17, 15) is 0 Å². The lowest BCUT2D eigenvalue weighted by Gasteiger charge is -2.10. The summed E-state index contributed by atoms with van der Waals surface area (Å²) in [6.07, 6.45) is 0. The smallest absolute Gasteiger partial charge is 0.142 e. The Hall–Kier alpha value is -1.55. The minimum Gasteiger partial charge on any atom is -0.495 e. The van der Waals surface area contributed by atoms with Crippen LogP contribution >= 0.6 is 11.3 Å². The highest BCUT2D eigenvalue weighted by Gasteiger charge is 2.04. The van der Waals surface area contributed by atoms with Crippen molar-refractivity contribution in [3.63, 3.8) is 0 Å².